The van der Waals surface area contributed by atoms with E-state index in [9.17, 15) is 37.1 Å². The number of alkyl halides is 3. The Morgan fingerprint density at radius 1 is 0.565 bits per heavy atom. The van der Waals surface area contributed by atoms with Gasteiger partial charge in [0.15, 0.2) is 28.9 Å². The zero-order valence-electron chi connectivity index (χ0n) is 29.5. The van der Waals surface area contributed by atoms with E-state index in [-0.39, 0.29) is 58.8 Å². The van der Waals surface area contributed by atoms with E-state index < -0.39 is 12.0 Å². The van der Waals surface area contributed by atoms with E-state index in [2.05, 4.69) is 13.2 Å². The van der Waals surface area contributed by atoms with Gasteiger partial charge in [-0.05, 0) is 42.9 Å². The normalized spacial score (nSPS) is 10.8. The molecule has 0 fully saturated rings. The molecule has 1 aromatic carbocycles. The number of hydrogen-bond acceptors (Lipinski definition) is 5. The van der Waals surface area contributed by atoms with Gasteiger partial charge >= 0.3 is 6.18 Å². The van der Waals surface area contributed by atoms with Crippen molar-refractivity contribution in [3.63, 3.8) is 0 Å². The summed E-state index contributed by atoms with van der Waals surface area (Å²) in [6.07, 6.45) is 5.69. The lowest BCUT2D eigenvalue weighted by Crippen LogP contribution is -2.07. The van der Waals surface area contributed by atoms with Crippen molar-refractivity contribution in [3.8, 4) is 0 Å². The summed E-state index contributed by atoms with van der Waals surface area (Å²) in [5.74, 6) is 0.147. The van der Waals surface area contributed by atoms with Gasteiger partial charge in [-0.25, -0.2) is 0 Å². The van der Waals surface area contributed by atoms with Crippen molar-refractivity contribution in [2.75, 3.05) is 0 Å². The molecule has 0 aromatic heterocycles. The van der Waals surface area contributed by atoms with Gasteiger partial charge in [-0.2, -0.15) is 13.2 Å². The molecule has 1 rings (SSSR count). The second-order valence-corrected chi connectivity index (χ2v) is 11.3. The van der Waals surface area contributed by atoms with Gasteiger partial charge in [-0.15, -0.1) is 0 Å². The predicted molar refractivity (Wildman–Crippen MR) is 185 cm³/mol. The first-order valence-corrected chi connectivity index (χ1v) is 15.1. The first-order valence-electron chi connectivity index (χ1n) is 15.1. The van der Waals surface area contributed by atoms with Gasteiger partial charge < -0.3 is 0 Å². The number of halogens is 3. The second-order valence-electron chi connectivity index (χ2n) is 11.3. The number of allylic oxidation sites excluding steroid dienone is 7. The van der Waals surface area contributed by atoms with Crippen molar-refractivity contribution >= 4 is 35.0 Å². The zero-order chi connectivity index (χ0) is 37.0. The second kappa shape index (κ2) is 28.5. The lowest BCUT2D eigenvalue weighted by Gasteiger charge is -1.99. The third kappa shape index (κ3) is 34.5. The highest BCUT2D eigenvalue weighted by Gasteiger charge is 2.22. The Kier molecular flexibility index (Phi) is 30.4. The maximum atomic E-state index is 11.4. The Morgan fingerprint density at radius 3 is 1.13 bits per heavy atom. The summed E-state index contributed by atoms with van der Waals surface area (Å²) in [5, 5.41) is 0. The highest BCUT2D eigenvalue weighted by molar-refractivity contribution is 5.95. The fraction of sp³-hybridized carbons (Fsp3) is 0.447. The number of benzene rings is 1. The van der Waals surface area contributed by atoms with Crippen molar-refractivity contribution in [1.29, 1.82) is 0 Å². The molecule has 0 aliphatic carbocycles. The summed E-state index contributed by atoms with van der Waals surface area (Å²) in [6, 6.07) is 9.83. The van der Waals surface area contributed by atoms with E-state index in [4.69, 9.17) is 0 Å². The lowest BCUT2D eigenvalue weighted by atomic mass is 10.1. The fourth-order valence-corrected chi connectivity index (χ4v) is 2.13. The van der Waals surface area contributed by atoms with Gasteiger partial charge in [-0.1, -0.05) is 125 Å². The van der Waals surface area contributed by atoms with Crippen LogP contribution in [0.3, 0.4) is 0 Å². The van der Waals surface area contributed by atoms with Crippen molar-refractivity contribution in [1.82, 2.24) is 0 Å². The summed E-state index contributed by atoms with van der Waals surface area (Å²) in [4.78, 5) is 53.3. The SMILES string of the molecule is C/C=C/C(=O)C(C)C.C=CC(=O)C(C)C.C=CC(=O)C(C)C.CC(C)C(=O)/C=C/C(F)(F)F.CC(C)C(=O)/C=C/c1ccccc1. The molecule has 0 heterocycles. The molecule has 8 heteroatoms. The average Bonchev–Trinajstić information content (AvgIpc) is 2.98. The molecule has 46 heavy (non-hydrogen) atoms. The Morgan fingerprint density at radius 2 is 0.891 bits per heavy atom. The highest BCUT2D eigenvalue weighted by Crippen LogP contribution is 2.16. The third-order valence-electron chi connectivity index (χ3n) is 5.25. The summed E-state index contributed by atoms with van der Waals surface area (Å²) in [6.45, 7) is 26.6. The number of carbonyl (C=O) groups excluding carboxylic acids is 5. The van der Waals surface area contributed by atoms with Gasteiger partial charge in [0.1, 0.15) is 0 Å². The standard InChI is InChI=1S/C12H14O.C7H9F3O.C7H12O.2C6H10O/c1-10(2)12(13)9-8-11-6-4-3-5-7-11;1-5(2)6(11)3-4-7(8,9)10;1-4-5-7(8)6(2)3;2*1-4-6(7)5(2)3/h3-10H,1-2H3;3-5H,1-2H3;4-6H,1-3H3;2*4-5H,1H2,2-3H3/b9-8+;4-3+;5-4+;;. The smallest absolute Gasteiger partial charge is 0.295 e. The van der Waals surface area contributed by atoms with Crippen molar-refractivity contribution < 1.29 is 37.1 Å². The van der Waals surface area contributed by atoms with Gasteiger partial charge in [0, 0.05) is 35.7 Å². The topological polar surface area (TPSA) is 85.3 Å². The van der Waals surface area contributed by atoms with E-state index in [1.54, 1.807) is 32.1 Å². The van der Waals surface area contributed by atoms with Gasteiger partial charge in [0.05, 0.1) is 0 Å². The van der Waals surface area contributed by atoms with Gasteiger partial charge in [0.25, 0.3) is 0 Å². The van der Waals surface area contributed by atoms with E-state index >= 15 is 0 Å². The average molecular weight is 649 g/mol. The summed E-state index contributed by atoms with van der Waals surface area (Å²) < 4.78 is 34.3. The van der Waals surface area contributed by atoms with Crippen molar-refractivity contribution in [3.05, 3.63) is 91.6 Å². The molecule has 0 saturated heterocycles. The Labute approximate surface area is 275 Å². The Balaban J connectivity index is -0.000000246. The van der Waals surface area contributed by atoms with Crippen LogP contribution in [0.5, 0.6) is 0 Å². The molecule has 0 spiro atoms. The molecule has 0 saturated carbocycles. The summed E-state index contributed by atoms with van der Waals surface area (Å²) in [5.41, 5.74) is 1.07. The number of ketones is 5. The maximum Gasteiger partial charge on any atom is 0.409 e. The van der Waals surface area contributed by atoms with E-state index in [0.29, 0.717) is 6.08 Å². The van der Waals surface area contributed by atoms with Crippen LogP contribution in [-0.4, -0.2) is 35.1 Å². The van der Waals surface area contributed by atoms with E-state index in [0.717, 1.165) is 5.56 Å². The lowest BCUT2D eigenvalue weighted by molar-refractivity contribution is -0.118. The number of rotatable bonds is 11. The van der Waals surface area contributed by atoms with Crippen LogP contribution < -0.4 is 0 Å². The minimum absolute atomic E-state index is 0.0463. The predicted octanol–water partition coefficient (Wildman–Crippen LogP) is 9.84. The minimum atomic E-state index is -4.38. The van der Waals surface area contributed by atoms with Crippen LogP contribution in [0.4, 0.5) is 13.2 Å². The molecule has 0 amide bonds. The van der Waals surface area contributed by atoms with Crippen LogP contribution in [0.1, 0.15) is 81.7 Å². The molecule has 0 radical (unpaired) electrons. The van der Waals surface area contributed by atoms with Crippen LogP contribution in [-0.2, 0) is 24.0 Å². The van der Waals surface area contributed by atoms with Gasteiger partial charge in [-0.3, -0.25) is 24.0 Å². The maximum absolute atomic E-state index is 11.4. The van der Waals surface area contributed by atoms with Crippen LogP contribution in [0.25, 0.3) is 6.08 Å². The molecule has 0 unspecified atom stereocenters. The Bertz CT molecular complexity index is 1110. The van der Waals surface area contributed by atoms with Crippen LogP contribution in [0.2, 0.25) is 0 Å². The Hall–Kier alpha value is -3.94. The first-order chi connectivity index (χ1) is 21.1. The number of carbonyl (C=O) groups is 5. The molecular weight excluding hydrogens is 593 g/mol. The molecule has 0 aliphatic rings. The monoisotopic (exact) mass is 648 g/mol. The largest absolute Gasteiger partial charge is 0.409 e. The van der Waals surface area contributed by atoms with Gasteiger partial charge in [0.2, 0.25) is 0 Å². The quantitative estimate of drug-likeness (QED) is 0.223. The zero-order valence-corrected chi connectivity index (χ0v) is 29.5. The highest BCUT2D eigenvalue weighted by atomic mass is 19.4. The molecule has 0 atom stereocenters. The van der Waals surface area contributed by atoms with E-state index in [1.165, 1.54) is 12.2 Å². The minimum Gasteiger partial charge on any atom is -0.295 e. The van der Waals surface area contributed by atoms with Crippen LogP contribution >= 0.6 is 0 Å². The first kappa shape index (κ1) is 49.0. The third-order valence-corrected chi connectivity index (χ3v) is 5.25. The summed E-state index contributed by atoms with van der Waals surface area (Å²) in [7, 11) is 0. The van der Waals surface area contributed by atoms with Crippen LogP contribution in [0.15, 0.2) is 86.0 Å². The van der Waals surface area contributed by atoms with Crippen molar-refractivity contribution in [2.45, 2.75) is 82.3 Å². The molecule has 5 nitrogen and oxygen atoms in total. The number of hydrogen-bond donors (Lipinski definition) is 0. The molecule has 0 bridgehead atoms. The van der Waals surface area contributed by atoms with E-state index in [1.807, 2.05) is 98.7 Å². The van der Waals surface area contributed by atoms with Crippen LogP contribution in [0, 0.1) is 29.6 Å². The molecule has 0 N–H and O–H groups in total. The molecule has 0 aliphatic heterocycles. The molecular formula is C38H55F3O5. The van der Waals surface area contributed by atoms with Crippen molar-refractivity contribution in [2.24, 2.45) is 29.6 Å². The fourth-order valence-electron chi connectivity index (χ4n) is 2.13. The molecule has 258 valence electrons. The summed E-state index contributed by atoms with van der Waals surface area (Å²) >= 11 is 0. The molecule has 1 aromatic rings.